The Bertz CT molecular complexity index is 423. The molecule has 2 bridgehead atoms. The Hall–Kier alpha value is -1.36. The van der Waals surface area contributed by atoms with Crippen LogP contribution in [0, 0.1) is 0 Å². The van der Waals surface area contributed by atoms with E-state index in [-0.39, 0.29) is 6.10 Å². The van der Waals surface area contributed by atoms with Crippen LogP contribution in [-0.2, 0) is 0 Å². The summed E-state index contributed by atoms with van der Waals surface area (Å²) < 4.78 is 0. The van der Waals surface area contributed by atoms with Gasteiger partial charge in [-0.3, -0.25) is 0 Å². The summed E-state index contributed by atoms with van der Waals surface area (Å²) in [4.78, 5) is 13.2. The molecule has 0 aliphatic carbocycles. The van der Waals surface area contributed by atoms with Gasteiger partial charge in [-0.25, -0.2) is 4.98 Å². The van der Waals surface area contributed by atoms with E-state index in [0.29, 0.717) is 12.1 Å². The van der Waals surface area contributed by atoms with E-state index in [2.05, 4.69) is 14.9 Å². The Kier molecular flexibility index (Phi) is 2.86. The van der Waals surface area contributed by atoms with Crippen molar-refractivity contribution in [3.8, 4) is 0 Å². The summed E-state index contributed by atoms with van der Waals surface area (Å²) >= 11 is 0. The van der Waals surface area contributed by atoms with Crippen LogP contribution in [0.4, 0.5) is 11.8 Å². The van der Waals surface area contributed by atoms with E-state index in [1.807, 2.05) is 31.3 Å². The minimum Gasteiger partial charge on any atom is -0.393 e. The number of aliphatic hydroxyl groups is 1. The van der Waals surface area contributed by atoms with Gasteiger partial charge in [0.05, 0.1) is 6.10 Å². The number of nitrogens with zero attached hydrogens (tertiary/aromatic N) is 4. The van der Waals surface area contributed by atoms with Crippen LogP contribution < -0.4 is 9.80 Å². The van der Waals surface area contributed by atoms with E-state index in [9.17, 15) is 5.11 Å². The summed E-state index contributed by atoms with van der Waals surface area (Å²) in [5.74, 6) is 1.76. The van der Waals surface area contributed by atoms with Crippen LogP contribution in [0.25, 0.3) is 0 Å². The highest BCUT2D eigenvalue weighted by molar-refractivity contribution is 5.47. The van der Waals surface area contributed by atoms with Crippen LogP contribution in [0.1, 0.15) is 25.7 Å². The molecule has 98 valence electrons. The smallest absolute Gasteiger partial charge is 0.226 e. The molecule has 2 atom stereocenters. The van der Waals surface area contributed by atoms with Crippen molar-refractivity contribution in [1.82, 2.24) is 9.97 Å². The lowest BCUT2D eigenvalue weighted by molar-refractivity contribution is 0.126. The Labute approximate surface area is 107 Å². The summed E-state index contributed by atoms with van der Waals surface area (Å²) in [5.41, 5.74) is 0. The predicted octanol–water partition coefficient (Wildman–Crippen LogP) is 1.03. The molecule has 18 heavy (non-hydrogen) atoms. The third kappa shape index (κ3) is 1.92. The zero-order chi connectivity index (χ0) is 12.7. The fraction of sp³-hybridized carbons (Fsp3) is 0.692. The molecule has 2 unspecified atom stereocenters. The van der Waals surface area contributed by atoms with Crippen LogP contribution in [0.3, 0.4) is 0 Å². The first-order valence-electron chi connectivity index (χ1n) is 6.62. The molecule has 0 saturated carbocycles. The monoisotopic (exact) mass is 248 g/mol. The van der Waals surface area contributed by atoms with Crippen LogP contribution in [0.5, 0.6) is 0 Å². The fourth-order valence-corrected chi connectivity index (χ4v) is 3.22. The van der Waals surface area contributed by atoms with Crippen LogP contribution in [0.15, 0.2) is 12.3 Å². The average Bonchev–Trinajstić information content (AvgIpc) is 2.62. The Morgan fingerprint density at radius 3 is 2.56 bits per heavy atom. The average molecular weight is 248 g/mol. The molecule has 2 aliphatic heterocycles. The van der Waals surface area contributed by atoms with Gasteiger partial charge in [-0.2, -0.15) is 4.98 Å². The van der Waals surface area contributed by atoms with Crippen molar-refractivity contribution in [1.29, 1.82) is 0 Å². The van der Waals surface area contributed by atoms with Crippen molar-refractivity contribution >= 4 is 11.8 Å². The van der Waals surface area contributed by atoms with E-state index in [1.165, 1.54) is 12.8 Å². The standard InChI is InChI=1S/C13H20N4O/c1-16(2)13-14-6-5-12(15-13)17-9-3-4-10(17)8-11(18)7-9/h5-6,9-11,18H,3-4,7-8H2,1-2H3. The van der Waals surface area contributed by atoms with Crippen molar-refractivity contribution in [3.05, 3.63) is 12.3 Å². The molecule has 5 heteroatoms. The number of aromatic nitrogens is 2. The van der Waals surface area contributed by atoms with Crippen molar-refractivity contribution in [2.45, 2.75) is 43.9 Å². The van der Waals surface area contributed by atoms with Crippen LogP contribution >= 0.6 is 0 Å². The number of piperidine rings is 1. The molecule has 0 amide bonds. The molecule has 3 rings (SSSR count). The van der Waals surface area contributed by atoms with Crippen molar-refractivity contribution in [2.24, 2.45) is 0 Å². The Morgan fingerprint density at radius 1 is 1.28 bits per heavy atom. The first-order valence-corrected chi connectivity index (χ1v) is 6.62. The number of anilines is 2. The predicted molar refractivity (Wildman–Crippen MR) is 70.9 cm³/mol. The number of aliphatic hydroxyl groups excluding tert-OH is 1. The first-order chi connectivity index (χ1) is 8.65. The van der Waals surface area contributed by atoms with Gasteiger partial charge < -0.3 is 14.9 Å². The van der Waals surface area contributed by atoms with E-state index >= 15 is 0 Å². The zero-order valence-corrected chi connectivity index (χ0v) is 11.0. The van der Waals surface area contributed by atoms with E-state index in [0.717, 1.165) is 24.6 Å². The minimum atomic E-state index is -0.131. The van der Waals surface area contributed by atoms with E-state index < -0.39 is 0 Å². The zero-order valence-electron chi connectivity index (χ0n) is 11.0. The molecular weight excluding hydrogens is 228 g/mol. The van der Waals surface area contributed by atoms with Gasteiger partial charge in [-0.1, -0.05) is 0 Å². The summed E-state index contributed by atoms with van der Waals surface area (Å²) in [6.45, 7) is 0. The summed E-state index contributed by atoms with van der Waals surface area (Å²) in [6.07, 6.45) is 5.78. The Balaban J connectivity index is 1.89. The van der Waals surface area contributed by atoms with E-state index in [4.69, 9.17) is 0 Å². The molecule has 2 aliphatic rings. The van der Waals surface area contributed by atoms with Crippen LogP contribution in [-0.4, -0.2) is 47.4 Å². The molecule has 0 radical (unpaired) electrons. The molecule has 5 nitrogen and oxygen atoms in total. The maximum atomic E-state index is 9.83. The van der Waals surface area contributed by atoms with Gasteiger partial charge in [0.15, 0.2) is 0 Å². The highest BCUT2D eigenvalue weighted by Gasteiger charge is 2.40. The summed E-state index contributed by atoms with van der Waals surface area (Å²) in [6, 6.07) is 2.88. The Morgan fingerprint density at radius 2 is 1.94 bits per heavy atom. The SMILES string of the molecule is CN(C)c1nccc(N2C3CCC2CC(O)C3)n1. The molecule has 1 aromatic rings. The fourth-order valence-electron chi connectivity index (χ4n) is 3.22. The second-order valence-corrected chi connectivity index (χ2v) is 5.53. The highest BCUT2D eigenvalue weighted by atomic mass is 16.3. The third-order valence-corrected chi connectivity index (χ3v) is 4.00. The summed E-state index contributed by atoms with van der Waals surface area (Å²) in [5, 5.41) is 9.83. The molecule has 3 heterocycles. The van der Waals surface area contributed by atoms with Gasteiger partial charge in [0, 0.05) is 32.4 Å². The second-order valence-electron chi connectivity index (χ2n) is 5.53. The molecule has 0 aromatic carbocycles. The normalized spacial score (nSPS) is 30.6. The van der Waals surface area contributed by atoms with Gasteiger partial charge in [0.2, 0.25) is 5.95 Å². The van der Waals surface area contributed by atoms with Crippen molar-refractivity contribution in [3.63, 3.8) is 0 Å². The van der Waals surface area contributed by atoms with Gasteiger partial charge >= 0.3 is 0 Å². The molecule has 0 spiro atoms. The lowest BCUT2D eigenvalue weighted by Crippen LogP contribution is -2.45. The summed E-state index contributed by atoms with van der Waals surface area (Å²) in [7, 11) is 3.90. The maximum absolute atomic E-state index is 9.83. The number of hydrogen-bond donors (Lipinski definition) is 1. The van der Waals surface area contributed by atoms with Gasteiger partial charge in [0.1, 0.15) is 5.82 Å². The third-order valence-electron chi connectivity index (χ3n) is 4.00. The topological polar surface area (TPSA) is 52.5 Å². The lowest BCUT2D eigenvalue weighted by atomic mass is 10.00. The molecule has 1 aromatic heterocycles. The van der Waals surface area contributed by atoms with Gasteiger partial charge in [0.25, 0.3) is 0 Å². The van der Waals surface area contributed by atoms with Gasteiger partial charge in [-0.05, 0) is 31.7 Å². The number of rotatable bonds is 2. The quantitative estimate of drug-likeness (QED) is 0.847. The molecule has 2 saturated heterocycles. The van der Waals surface area contributed by atoms with Gasteiger partial charge in [-0.15, -0.1) is 0 Å². The first kappa shape index (κ1) is 11.7. The van der Waals surface area contributed by atoms with Crippen LogP contribution in [0.2, 0.25) is 0 Å². The second kappa shape index (κ2) is 4.39. The van der Waals surface area contributed by atoms with Crippen molar-refractivity contribution < 1.29 is 5.11 Å². The molecule has 1 N–H and O–H groups in total. The van der Waals surface area contributed by atoms with Crippen molar-refractivity contribution in [2.75, 3.05) is 23.9 Å². The highest BCUT2D eigenvalue weighted by Crippen LogP contribution is 2.38. The molecule has 2 fully saturated rings. The lowest BCUT2D eigenvalue weighted by Gasteiger charge is -2.38. The molecular formula is C13H20N4O. The number of hydrogen-bond acceptors (Lipinski definition) is 5. The minimum absolute atomic E-state index is 0.131. The maximum Gasteiger partial charge on any atom is 0.226 e. The van der Waals surface area contributed by atoms with E-state index in [1.54, 1.807) is 0 Å². The number of fused-ring (bicyclic) bond motifs is 2. The largest absolute Gasteiger partial charge is 0.393 e.